The van der Waals surface area contributed by atoms with Crippen LogP contribution in [0.1, 0.15) is 0 Å². The number of pyridine rings is 1. The highest BCUT2D eigenvalue weighted by Crippen LogP contribution is 2.34. The largest absolute Gasteiger partial charge is 0.457 e. The molecule has 0 amide bonds. The molecule has 0 radical (unpaired) electrons. The van der Waals surface area contributed by atoms with Crippen LogP contribution in [0.5, 0.6) is 11.5 Å². The van der Waals surface area contributed by atoms with Crippen molar-refractivity contribution in [2.24, 2.45) is 7.05 Å². The molecule has 0 aliphatic heterocycles. The second-order valence-electron chi connectivity index (χ2n) is 5.06. The number of nitrogens with two attached hydrogens (primary N) is 1. The first-order valence-electron chi connectivity index (χ1n) is 6.96. The minimum atomic E-state index is 0.553. The standard InChI is InChI=1S/C16H13N5OS/c1-21-9-10(7-19-21)12-8-18-5-4-14(12)22-11-2-3-13-15(6-11)23-16(17)20-13/h2-9H,1H3,(H2,17,20). The number of benzene rings is 1. The summed E-state index contributed by atoms with van der Waals surface area (Å²) in [5.74, 6) is 1.46. The van der Waals surface area contributed by atoms with Crippen LogP contribution in [0.15, 0.2) is 49.1 Å². The monoisotopic (exact) mass is 323 g/mol. The van der Waals surface area contributed by atoms with E-state index < -0.39 is 0 Å². The number of aryl methyl sites for hydroxylation is 1. The highest BCUT2D eigenvalue weighted by atomic mass is 32.1. The molecule has 0 bridgehead atoms. The van der Waals surface area contributed by atoms with Gasteiger partial charge in [0.1, 0.15) is 11.5 Å². The van der Waals surface area contributed by atoms with E-state index >= 15 is 0 Å². The average Bonchev–Trinajstić information content (AvgIpc) is 3.12. The van der Waals surface area contributed by atoms with Crippen LogP contribution in [0.3, 0.4) is 0 Å². The Morgan fingerprint density at radius 3 is 2.96 bits per heavy atom. The van der Waals surface area contributed by atoms with Crippen molar-refractivity contribution in [1.82, 2.24) is 19.7 Å². The first kappa shape index (κ1) is 13.7. The zero-order valence-electron chi connectivity index (χ0n) is 12.3. The molecule has 2 N–H and O–H groups in total. The number of nitrogen functional groups attached to an aromatic ring is 1. The van der Waals surface area contributed by atoms with E-state index in [0.29, 0.717) is 5.13 Å². The van der Waals surface area contributed by atoms with Crippen molar-refractivity contribution >= 4 is 26.7 Å². The van der Waals surface area contributed by atoms with Gasteiger partial charge >= 0.3 is 0 Å². The number of fused-ring (bicyclic) bond motifs is 1. The van der Waals surface area contributed by atoms with Crippen LogP contribution in [-0.4, -0.2) is 19.7 Å². The molecular formula is C16H13N5OS. The SMILES string of the molecule is Cn1cc(-c2cnccc2Oc2ccc3nc(N)sc3c2)cn1. The minimum absolute atomic E-state index is 0.553. The van der Waals surface area contributed by atoms with Gasteiger partial charge in [0, 0.05) is 42.8 Å². The Hall–Kier alpha value is -2.93. The van der Waals surface area contributed by atoms with Gasteiger partial charge in [-0.15, -0.1) is 0 Å². The fourth-order valence-electron chi connectivity index (χ4n) is 2.36. The molecule has 0 unspecified atom stereocenters. The molecule has 0 saturated heterocycles. The molecular weight excluding hydrogens is 310 g/mol. The van der Waals surface area contributed by atoms with Crippen molar-refractivity contribution in [2.45, 2.75) is 0 Å². The minimum Gasteiger partial charge on any atom is -0.457 e. The van der Waals surface area contributed by atoms with Crippen LogP contribution >= 0.6 is 11.3 Å². The average molecular weight is 323 g/mol. The summed E-state index contributed by atoms with van der Waals surface area (Å²) >= 11 is 1.44. The molecule has 3 heterocycles. The number of hydrogen-bond acceptors (Lipinski definition) is 6. The fourth-order valence-corrected chi connectivity index (χ4v) is 3.12. The summed E-state index contributed by atoms with van der Waals surface area (Å²) in [5.41, 5.74) is 8.47. The third kappa shape index (κ3) is 2.62. The summed E-state index contributed by atoms with van der Waals surface area (Å²) in [6.45, 7) is 0. The predicted molar refractivity (Wildman–Crippen MR) is 90.5 cm³/mol. The summed E-state index contributed by atoms with van der Waals surface area (Å²) in [6, 6.07) is 7.57. The number of nitrogens with zero attached hydrogens (tertiary/aromatic N) is 4. The van der Waals surface area contributed by atoms with E-state index in [0.717, 1.165) is 32.8 Å². The zero-order valence-corrected chi connectivity index (χ0v) is 13.1. The Balaban J connectivity index is 1.72. The third-order valence-electron chi connectivity index (χ3n) is 3.40. The maximum Gasteiger partial charge on any atom is 0.181 e. The Bertz CT molecular complexity index is 991. The lowest BCUT2D eigenvalue weighted by Gasteiger charge is -2.09. The smallest absolute Gasteiger partial charge is 0.181 e. The number of aromatic nitrogens is 4. The van der Waals surface area contributed by atoms with Crippen LogP contribution in [-0.2, 0) is 7.05 Å². The Morgan fingerprint density at radius 1 is 1.22 bits per heavy atom. The quantitative estimate of drug-likeness (QED) is 0.624. The predicted octanol–water partition coefficient (Wildman–Crippen LogP) is 3.47. The zero-order chi connectivity index (χ0) is 15.8. The molecule has 3 aromatic heterocycles. The van der Waals surface area contributed by atoms with Gasteiger partial charge in [-0.05, 0) is 18.2 Å². The van der Waals surface area contributed by atoms with Gasteiger partial charge < -0.3 is 10.5 Å². The second-order valence-corrected chi connectivity index (χ2v) is 6.12. The van der Waals surface area contributed by atoms with E-state index in [1.165, 1.54) is 11.3 Å². The topological polar surface area (TPSA) is 78.8 Å². The molecule has 0 atom stereocenters. The normalized spacial score (nSPS) is 11.0. The van der Waals surface area contributed by atoms with Gasteiger partial charge in [0.2, 0.25) is 0 Å². The van der Waals surface area contributed by atoms with Crippen molar-refractivity contribution in [1.29, 1.82) is 0 Å². The van der Waals surface area contributed by atoms with Crippen molar-refractivity contribution in [2.75, 3.05) is 5.73 Å². The number of ether oxygens (including phenoxy) is 1. The van der Waals surface area contributed by atoms with Gasteiger partial charge in [0.15, 0.2) is 5.13 Å². The molecule has 114 valence electrons. The van der Waals surface area contributed by atoms with Gasteiger partial charge in [-0.1, -0.05) is 11.3 Å². The van der Waals surface area contributed by atoms with Crippen LogP contribution < -0.4 is 10.5 Å². The van der Waals surface area contributed by atoms with Gasteiger partial charge in [0.05, 0.1) is 16.4 Å². The highest BCUT2D eigenvalue weighted by Gasteiger charge is 2.10. The molecule has 4 rings (SSSR count). The molecule has 6 nitrogen and oxygen atoms in total. The Kier molecular flexibility index (Phi) is 3.20. The maximum atomic E-state index is 6.05. The third-order valence-corrected chi connectivity index (χ3v) is 4.25. The van der Waals surface area contributed by atoms with Gasteiger partial charge in [-0.3, -0.25) is 9.67 Å². The summed E-state index contributed by atoms with van der Waals surface area (Å²) in [5, 5.41) is 4.75. The van der Waals surface area contributed by atoms with Gasteiger partial charge in [0.25, 0.3) is 0 Å². The first-order chi connectivity index (χ1) is 11.2. The molecule has 7 heteroatoms. The van der Waals surface area contributed by atoms with Crippen LogP contribution in [0, 0.1) is 0 Å². The van der Waals surface area contributed by atoms with Crippen molar-refractivity contribution in [3.05, 3.63) is 49.1 Å². The number of thiazole rings is 1. The number of hydrogen-bond donors (Lipinski definition) is 1. The van der Waals surface area contributed by atoms with E-state index in [1.807, 2.05) is 37.5 Å². The van der Waals surface area contributed by atoms with Gasteiger partial charge in [-0.25, -0.2) is 4.98 Å². The molecule has 0 saturated carbocycles. The molecule has 0 aliphatic rings. The van der Waals surface area contributed by atoms with E-state index in [4.69, 9.17) is 10.5 Å². The van der Waals surface area contributed by atoms with Crippen LogP contribution in [0.4, 0.5) is 5.13 Å². The van der Waals surface area contributed by atoms with E-state index in [1.54, 1.807) is 23.3 Å². The number of anilines is 1. The lowest BCUT2D eigenvalue weighted by Crippen LogP contribution is -1.89. The lowest BCUT2D eigenvalue weighted by atomic mass is 10.1. The summed E-state index contributed by atoms with van der Waals surface area (Å²) in [4.78, 5) is 8.43. The Labute approximate surface area is 136 Å². The highest BCUT2D eigenvalue weighted by molar-refractivity contribution is 7.22. The second kappa shape index (κ2) is 5.36. The van der Waals surface area contributed by atoms with Gasteiger partial charge in [-0.2, -0.15) is 5.10 Å². The molecule has 0 fully saturated rings. The fraction of sp³-hybridized carbons (Fsp3) is 0.0625. The molecule has 0 spiro atoms. The maximum absolute atomic E-state index is 6.05. The summed E-state index contributed by atoms with van der Waals surface area (Å²) in [6.07, 6.45) is 7.20. The van der Waals surface area contributed by atoms with Crippen molar-refractivity contribution in [3.63, 3.8) is 0 Å². The van der Waals surface area contributed by atoms with Crippen molar-refractivity contribution in [3.8, 4) is 22.6 Å². The van der Waals surface area contributed by atoms with E-state index in [9.17, 15) is 0 Å². The lowest BCUT2D eigenvalue weighted by molar-refractivity contribution is 0.484. The first-order valence-corrected chi connectivity index (χ1v) is 7.77. The summed E-state index contributed by atoms with van der Waals surface area (Å²) < 4.78 is 8.80. The number of rotatable bonds is 3. The van der Waals surface area contributed by atoms with E-state index in [2.05, 4.69) is 15.1 Å². The molecule has 1 aromatic carbocycles. The molecule has 0 aliphatic carbocycles. The van der Waals surface area contributed by atoms with Crippen LogP contribution in [0.25, 0.3) is 21.3 Å². The van der Waals surface area contributed by atoms with Crippen molar-refractivity contribution < 1.29 is 4.74 Å². The Morgan fingerprint density at radius 2 is 2.13 bits per heavy atom. The summed E-state index contributed by atoms with van der Waals surface area (Å²) in [7, 11) is 1.88. The van der Waals surface area contributed by atoms with E-state index in [-0.39, 0.29) is 0 Å². The molecule has 4 aromatic rings. The molecule has 23 heavy (non-hydrogen) atoms. The van der Waals surface area contributed by atoms with Crippen LogP contribution in [0.2, 0.25) is 0 Å².